The van der Waals surface area contributed by atoms with E-state index < -0.39 is 0 Å². The molecule has 0 saturated heterocycles. The molecule has 0 unspecified atom stereocenters. The molecule has 0 saturated carbocycles. The molecule has 0 fully saturated rings. The smallest absolute Gasteiger partial charge is 0.161 e. The van der Waals surface area contributed by atoms with Crippen LogP contribution in [0.2, 0.25) is 10.0 Å². The van der Waals surface area contributed by atoms with E-state index in [1.807, 2.05) is 31.3 Å². The monoisotopic (exact) mass is 361 g/mol. The van der Waals surface area contributed by atoms with Gasteiger partial charge in [0, 0.05) is 22.2 Å². The molecular weight excluding hydrogens is 345 g/mol. The van der Waals surface area contributed by atoms with E-state index in [1.165, 1.54) is 0 Å². The van der Waals surface area contributed by atoms with Gasteiger partial charge in [0.05, 0.1) is 7.11 Å². The van der Waals surface area contributed by atoms with Crippen LogP contribution < -0.4 is 14.8 Å². The Morgan fingerprint density at radius 3 is 2.45 bits per heavy atom. The Hall–Kier alpha value is -1.13. The lowest BCUT2D eigenvalue weighted by atomic mass is 10.2. The normalized spacial score (nSPS) is 10.0. The summed E-state index contributed by atoms with van der Waals surface area (Å²) in [5.74, 6) is 1.39. The van der Waals surface area contributed by atoms with Crippen molar-refractivity contribution in [2.75, 3.05) is 14.2 Å². The molecule has 22 heavy (non-hydrogen) atoms. The summed E-state index contributed by atoms with van der Waals surface area (Å²) in [4.78, 5) is 0. The molecule has 0 aliphatic heterocycles. The fourth-order valence-electron chi connectivity index (χ4n) is 1.94. The third-order valence-electron chi connectivity index (χ3n) is 3.01. The molecule has 6 heteroatoms. The van der Waals surface area contributed by atoms with Crippen molar-refractivity contribution in [3.8, 4) is 11.5 Å². The number of nitrogens with one attached hydrogen (secondary N) is 1. The van der Waals surface area contributed by atoms with Gasteiger partial charge in [-0.2, -0.15) is 0 Å². The summed E-state index contributed by atoms with van der Waals surface area (Å²) in [5, 5.41) is 4.30. The highest BCUT2D eigenvalue weighted by atomic mass is 35.5. The zero-order valence-corrected chi connectivity index (χ0v) is 14.7. The standard InChI is InChI=1S/C16H17Cl2NO2.ClH/c1-19-9-11-3-6-15(16(7-11)20-2)21-10-12-4-5-13(17)8-14(12)18;/h3-8,19H,9-10H2,1-2H3;1H. The van der Waals surface area contributed by atoms with Crippen LogP contribution in [-0.2, 0) is 13.2 Å². The summed E-state index contributed by atoms with van der Waals surface area (Å²) in [6.07, 6.45) is 0. The Balaban J connectivity index is 0.00000242. The van der Waals surface area contributed by atoms with Crippen LogP contribution in [0.5, 0.6) is 11.5 Å². The molecule has 120 valence electrons. The van der Waals surface area contributed by atoms with Crippen molar-refractivity contribution in [2.24, 2.45) is 0 Å². The Labute approximate surface area is 146 Å². The minimum absolute atomic E-state index is 0. The number of benzene rings is 2. The molecule has 3 nitrogen and oxygen atoms in total. The van der Waals surface area contributed by atoms with Crippen molar-refractivity contribution in [1.82, 2.24) is 5.32 Å². The lowest BCUT2D eigenvalue weighted by molar-refractivity contribution is 0.284. The Morgan fingerprint density at radius 2 is 1.82 bits per heavy atom. The molecule has 0 atom stereocenters. The van der Waals surface area contributed by atoms with Gasteiger partial charge < -0.3 is 14.8 Å². The van der Waals surface area contributed by atoms with E-state index >= 15 is 0 Å². The van der Waals surface area contributed by atoms with Crippen molar-refractivity contribution in [3.63, 3.8) is 0 Å². The van der Waals surface area contributed by atoms with Crippen LogP contribution in [0.15, 0.2) is 36.4 Å². The maximum atomic E-state index is 6.13. The summed E-state index contributed by atoms with van der Waals surface area (Å²) in [5.41, 5.74) is 2.01. The summed E-state index contributed by atoms with van der Waals surface area (Å²) in [6, 6.07) is 11.2. The largest absolute Gasteiger partial charge is 0.493 e. The second-order valence-corrected chi connectivity index (χ2v) is 5.38. The molecule has 0 aliphatic rings. The highest BCUT2D eigenvalue weighted by Gasteiger charge is 2.08. The van der Waals surface area contributed by atoms with E-state index in [9.17, 15) is 0 Å². The first-order valence-corrected chi connectivity index (χ1v) is 7.28. The Morgan fingerprint density at radius 1 is 1.05 bits per heavy atom. The first kappa shape index (κ1) is 18.9. The van der Waals surface area contributed by atoms with Gasteiger partial charge in [0.1, 0.15) is 6.61 Å². The topological polar surface area (TPSA) is 30.5 Å². The first-order valence-electron chi connectivity index (χ1n) is 6.52. The van der Waals surface area contributed by atoms with Gasteiger partial charge in [-0.05, 0) is 36.9 Å². The zero-order valence-electron chi connectivity index (χ0n) is 12.4. The fraction of sp³-hybridized carbons (Fsp3) is 0.250. The van der Waals surface area contributed by atoms with Crippen LogP contribution >= 0.6 is 35.6 Å². The predicted molar refractivity (Wildman–Crippen MR) is 93.8 cm³/mol. The van der Waals surface area contributed by atoms with Crippen LogP contribution in [0.25, 0.3) is 0 Å². The highest BCUT2D eigenvalue weighted by Crippen LogP contribution is 2.30. The zero-order chi connectivity index (χ0) is 15.2. The van der Waals surface area contributed by atoms with Gasteiger partial charge in [-0.1, -0.05) is 35.3 Å². The fourth-order valence-corrected chi connectivity index (χ4v) is 2.40. The highest BCUT2D eigenvalue weighted by molar-refractivity contribution is 6.35. The van der Waals surface area contributed by atoms with Crippen LogP contribution in [0, 0.1) is 0 Å². The molecule has 2 rings (SSSR count). The molecule has 0 radical (unpaired) electrons. The Bertz CT molecular complexity index is 620. The molecule has 0 bridgehead atoms. The van der Waals surface area contributed by atoms with Crippen LogP contribution in [0.1, 0.15) is 11.1 Å². The maximum Gasteiger partial charge on any atom is 0.161 e. The lowest BCUT2D eigenvalue weighted by Crippen LogP contribution is -2.05. The van der Waals surface area contributed by atoms with Crippen molar-refractivity contribution in [2.45, 2.75) is 13.2 Å². The van der Waals surface area contributed by atoms with E-state index in [-0.39, 0.29) is 12.4 Å². The summed E-state index contributed by atoms with van der Waals surface area (Å²) >= 11 is 12.0. The average molecular weight is 363 g/mol. The molecular formula is C16H18Cl3NO2. The third kappa shape index (κ3) is 4.96. The molecule has 0 heterocycles. The second-order valence-electron chi connectivity index (χ2n) is 4.54. The van der Waals surface area contributed by atoms with Crippen molar-refractivity contribution in [1.29, 1.82) is 0 Å². The molecule has 0 aliphatic carbocycles. The van der Waals surface area contributed by atoms with Gasteiger partial charge >= 0.3 is 0 Å². The SMILES string of the molecule is CNCc1ccc(OCc2ccc(Cl)cc2Cl)c(OC)c1.Cl. The van der Waals surface area contributed by atoms with Gasteiger partial charge in [-0.25, -0.2) is 0 Å². The summed E-state index contributed by atoms with van der Waals surface area (Å²) < 4.78 is 11.2. The van der Waals surface area contributed by atoms with Crippen molar-refractivity contribution >= 4 is 35.6 Å². The number of ether oxygens (including phenoxy) is 2. The van der Waals surface area contributed by atoms with Gasteiger partial charge in [-0.3, -0.25) is 0 Å². The van der Waals surface area contributed by atoms with E-state index in [4.69, 9.17) is 32.7 Å². The van der Waals surface area contributed by atoms with Crippen LogP contribution in [0.3, 0.4) is 0 Å². The van der Waals surface area contributed by atoms with E-state index in [2.05, 4.69) is 5.32 Å². The van der Waals surface area contributed by atoms with Gasteiger partial charge in [0.2, 0.25) is 0 Å². The van der Waals surface area contributed by atoms with E-state index in [0.717, 1.165) is 17.7 Å². The predicted octanol–water partition coefficient (Wildman–Crippen LogP) is 4.72. The number of hydrogen-bond acceptors (Lipinski definition) is 3. The number of hydrogen-bond donors (Lipinski definition) is 1. The molecule has 0 aromatic heterocycles. The van der Waals surface area contributed by atoms with Gasteiger partial charge in [0.15, 0.2) is 11.5 Å². The van der Waals surface area contributed by atoms with Crippen molar-refractivity contribution in [3.05, 3.63) is 57.6 Å². The molecule has 2 aromatic rings. The number of rotatable bonds is 6. The van der Waals surface area contributed by atoms with Crippen LogP contribution in [-0.4, -0.2) is 14.2 Å². The summed E-state index contributed by atoms with van der Waals surface area (Å²) in [6.45, 7) is 1.14. The summed E-state index contributed by atoms with van der Waals surface area (Å²) in [7, 11) is 3.53. The Kier molecular flexibility index (Phi) is 7.83. The maximum absolute atomic E-state index is 6.13. The first-order chi connectivity index (χ1) is 10.1. The van der Waals surface area contributed by atoms with Gasteiger partial charge in [0.25, 0.3) is 0 Å². The lowest BCUT2D eigenvalue weighted by Gasteiger charge is -2.13. The van der Waals surface area contributed by atoms with E-state index in [0.29, 0.717) is 28.2 Å². The molecule has 1 N–H and O–H groups in total. The van der Waals surface area contributed by atoms with Gasteiger partial charge in [-0.15, -0.1) is 12.4 Å². The average Bonchev–Trinajstić information content (AvgIpc) is 2.47. The molecule has 0 amide bonds. The third-order valence-corrected chi connectivity index (χ3v) is 3.59. The van der Waals surface area contributed by atoms with E-state index in [1.54, 1.807) is 19.2 Å². The molecule has 0 spiro atoms. The quantitative estimate of drug-likeness (QED) is 0.806. The minimum atomic E-state index is 0. The van der Waals surface area contributed by atoms with Crippen molar-refractivity contribution < 1.29 is 9.47 Å². The number of methoxy groups -OCH3 is 1. The molecule has 2 aromatic carbocycles. The second kappa shape index (κ2) is 9.11. The minimum Gasteiger partial charge on any atom is -0.493 e. The van der Waals surface area contributed by atoms with Crippen LogP contribution in [0.4, 0.5) is 0 Å². The number of halogens is 3.